The predicted molar refractivity (Wildman–Crippen MR) is 161 cm³/mol. The van der Waals surface area contributed by atoms with Gasteiger partial charge in [0.05, 0.1) is 10.6 Å². The van der Waals surface area contributed by atoms with E-state index in [0.717, 1.165) is 4.31 Å². The second-order valence-electron chi connectivity index (χ2n) is 9.26. The van der Waals surface area contributed by atoms with E-state index in [4.69, 9.17) is 34.8 Å². The van der Waals surface area contributed by atoms with E-state index in [9.17, 15) is 18.0 Å². The summed E-state index contributed by atoms with van der Waals surface area (Å²) in [7, 11) is -4.17. The van der Waals surface area contributed by atoms with E-state index in [0.29, 0.717) is 27.1 Å². The lowest BCUT2D eigenvalue weighted by atomic mass is 10.1. The lowest BCUT2D eigenvalue weighted by molar-refractivity contribution is -0.140. The standard InChI is InChI=1S/C29H32Cl3N3O4S/c1-4-20(3)33-29(37)27(5-2)34(18-24-25(31)12-9-13-26(24)32)28(36)19-35(22-16-14-21(30)15-17-22)40(38,39)23-10-7-6-8-11-23/h6-17,20,27H,4-5,18-19H2,1-3H3,(H,33,37). The highest BCUT2D eigenvalue weighted by molar-refractivity contribution is 7.92. The molecule has 7 nitrogen and oxygen atoms in total. The minimum Gasteiger partial charge on any atom is -0.352 e. The van der Waals surface area contributed by atoms with Crippen molar-refractivity contribution < 1.29 is 18.0 Å². The molecule has 0 aliphatic carbocycles. The first-order valence-corrected chi connectivity index (χ1v) is 15.4. The molecule has 0 saturated carbocycles. The smallest absolute Gasteiger partial charge is 0.264 e. The van der Waals surface area contributed by atoms with Crippen molar-refractivity contribution in [3.8, 4) is 0 Å². The van der Waals surface area contributed by atoms with E-state index in [1.165, 1.54) is 29.2 Å². The number of hydrogen-bond donors (Lipinski definition) is 1. The van der Waals surface area contributed by atoms with Gasteiger partial charge >= 0.3 is 0 Å². The summed E-state index contributed by atoms with van der Waals surface area (Å²) in [6, 6.07) is 17.9. The maximum Gasteiger partial charge on any atom is 0.264 e. The number of nitrogens with zero attached hydrogens (tertiary/aromatic N) is 2. The van der Waals surface area contributed by atoms with Crippen LogP contribution in [0.2, 0.25) is 15.1 Å². The van der Waals surface area contributed by atoms with Crippen molar-refractivity contribution in [3.05, 3.63) is 93.4 Å². The lowest BCUT2D eigenvalue weighted by Gasteiger charge is -2.34. The van der Waals surface area contributed by atoms with Gasteiger partial charge in [0.25, 0.3) is 10.0 Å². The van der Waals surface area contributed by atoms with Crippen molar-refractivity contribution in [2.75, 3.05) is 10.8 Å². The Morgan fingerprint density at radius 2 is 1.45 bits per heavy atom. The summed E-state index contributed by atoms with van der Waals surface area (Å²) < 4.78 is 28.6. The summed E-state index contributed by atoms with van der Waals surface area (Å²) in [6.45, 7) is 4.93. The number of amides is 2. The van der Waals surface area contributed by atoms with Gasteiger partial charge in [-0.1, -0.05) is 72.9 Å². The Labute approximate surface area is 251 Å². The van der Waals surface area contributed by atoms with Gasteiger partial charge in [0.15, 0.2) is 0 Å². The Bertz CT molecular complexity index is 1400. The molecule has 11 heteroatoms. The van der Waals surface area contributed by atoms with Gasteiger partial charge in [-0.25, -0.2) is 8.42 Å². The highest BCUT2D eigenvalue weighted by Crippen LogP contribution is 2.29. The van der Waals surface area contributed by atoms with Crippen LogP contribution in [0.4, 0.5) is 5.69 Å². The van der Waals surface area contributed by atoms with Gasteiger partial charge < -0.3 is 10.2 Å². The monoisotopic (exact) mass is 623 g/mol. The number of nitrogens with one attached hydrogen (secondary N) is 1. The van der Waals surface area contributed by atoms with Crippen LogP contribution in [0.25, 0.3) is 0 Å². The Morgan fingerprint density at radius 1 is 0.850 bits per heavy atom. The summed E-state index contributed by atoms with van der Waals surface area (Å²) in [6.07, 6.45) is 0.981. The molecular formula is C29H32Cl3N3O4S. The molecule has 3 rings (SSSR count). The molecule has 3 aromatic carbocycles. The first-order chi connectivity index (χ1) is 19.0. The summed E-state index contributed by atoms with van der Waals surface area (Å²) in [4.78, 5) is 28.8. The summed E-state index contributed by atoms with van der Waals surface area (Å²) in [5, 5.41) is 4.00. The molecule has 1 N–H and O–H groups in total. The molecule has 0 spiro atoms. The van der Waals surface area contributed by atoms with E-state index < -0.39 is 28.5 Å². The van der Waals surface area contributed by atoms with Crippen molar-refractivity contribution >= 4 is 62.3 Å². The first-order valence-electron chi connectivity index (χ1n) is 12.9. The molecule has 3 aromatic rings. The van der Waals surface area contributed by atoms with Crippen molar-refractivity contribution in [2.45, 2.75) is 57.1 Å². The van der Waals surface area contributed by atoms with E-state index in [-0.39, 0.29) is 35.5 Å². The average molecular weight is 625 g/mol. The zero-order valence-electron chi connectivity index (χ0n) is 22.5. The van der Waals surface area contributed by atoms with Crippen molar-refractivity contribution in [1.29, 1.82) is 0 Å². The number of rotatable bonds is 12. The third-order valence-electron chi connectivity index (χ3n) is 6.50. The third kappa shape index (κ3) is 7.69. The van der Waals surface area contributed by atoms with Crippen LogP contribution in [-0.4, -0.2) is 43.8 Å². The van der Waals surface area contributed by atoms with Crippen LogP contribution in [0.1, 0.15) is 39.2 Å². The van der Waals surface area contributed by atoms with Crippen molar-refractivity contribution in [2.24, 2.45) is 0 Å². The zero-order valence-corrected chi connectivity index (χ0v) is 25.6. The lowest BCUT2D eigenvalue weighted by Crippen LogP contribution is -2.53. The molecule has 40 heavy (non-hydrogen) atoms. The molecule has 0 heterocycles. The van der Waals surface area contributed by atoms with Crippen LogP contribution < -0.4 is 9.62 Å². The fourth-order valence-electron chi connectivity index (χ4n) is 4.07. The normalized spacial score (nSPS) is 12.8. The van der Waals surface area contributed by atoms with E-state index >= 15 is 0 Å². The maximum atomic E-state index is 14.1. The Morgan fingerprint density at radius 3 is 2.00 bits per heavy atom. The summed E-state index contributed by atoms with van der Waals surface area (Å²) in [5.41, 5.74) is 0.701. The predicted octanol–water partition coefficient (Wildman–Crippen LogP) is 6.56. The largest absolute Gasteiger partial charge is 0.352 e. The molecule has 0 fully saturated rings. The molecule has 0 aromatic heterocycles. The second kappa shape index (κ2) is 14.2. The number of sulfonamides is 1. The molecule has 2 amide bonds. The fourth-order valence-corrected chi connectivity index (χ4v) is 6.15. The van der Waals surface area contributed by atoms with Gasteiger partial charge in [-0.05, 0) is 68.3 Å². The molecule has 214 valence electrons. The minimum atomic E-state index is -4.17. The SMILES string of the molecule is CCC(C)NC(=O)C(CC)N(Cc1c(Cl)cccc1Cl)C(=O)CN(c1ccc(Cl)cc1)S(=O)(=O)c1ccccc1. The molecule has 0 aliphatic rings. The summed E-state index contributed by atoms with van der Waals surface area (Å²) >= 11 is 18.9. The van der Waals surface area contributed by atoms with Crippen molar-refractivity contribution in [3.63, 3.8) is 0 Å². The van der Waals surface area contributed by atoms with Gasteiger partial charge in [0.2, 0.25) is 11.8 Å². The molecule has 0 saturated heterocycles. The third-order valence-corrected chi connectivity index (χ3v) is 9.25. The van der Waals surface area contributed by atoms with Gasteiger partial charge in [0, 0.05) is 33.2 Å². The van der Waals surface area contributed by atoms with Crippen LogP contribution in [0.5, 0.6) is 0 Å². The Hall–Kier alpha value is -2.78. The number of anilines is 1. The first kappa shape index (κ1) is 31.7. The summed E-state index contributed by atoms with van der Waals surface area (Å²) in [5.74, 6) is -0.950. The van der Waals surface area contributed by atoms with Crippen LogP contribution in [0.15, 0.2) is 77.7 Å². The second-order valence-corrected chi connectivity index (χ2v) is 12.4. The molecule has 0 aliphatic heterocycles. The van der Waals surface area contributed by atoms with Gasteiger partial charge in [-0.15, -0.1) is 0 Å². The van der Waals surface area contributed by atoms with E-state index in [1.54, 1.807) is 55.5 Å². The Balaban J connectivity index is 2.08. The van der Waals surface area contributed by atoms with Crippen LogP contribution in [0, 0.1) is 0 Å². The fraction of sp³-hybridized carbons (Fsp3) is 0.310. The van der Waals surface area contributed by atoms with Crippen LogP contribution in [-0.2, 0) is 26.2 Å². The highest BCUT2D eigenvalue weighted by atomic mass is 35.5. The van der Waals surface area contributed by atoms with Crippen LogP contribution in [0.3, 0.4) is 0 Å². The molecule has 0 bridgehead atoms. The Kier molecular flexibility index (Phi) is 11.3. The molecule has 2 unspecified atom stereocenters. The number of carbonyl (C=O) groups is 2. The van der Waals surface area contributed by atoms with Gasteiger partial charge in [0.1, 0.15) is 12.6 Å². The van der Waals surface area contributed by atoms with E-state index in [2.05, 4.69) is 5.32 Å². The van der Waals surface area contributed by atoms with E-state index in [1.807, 2.05) is 13.8 Å². The number of carbonyl (C=O) groups excluding carboxylic acids is 2. The highest BCUT2D eigenvalue weighted by Gasteiger charge is 2.34. The molecular weight excluding hydrogens is 593 g/mol. The quantitative estimate of drug-likeness (QED) is 0.247. The average Bonchev–Trinajstić information content (AvgIpc) is 2.93. The maximum absolute atomic E-state index is 14.1. The van der Waals surface area contributed by atoms with Gasteiger partial charge in [-0.2, -0.15) is 0 Å². The minimum absolute atomic E-state index is 0.0139. The topological polar surface area (TPSA) is 86.8 Å². The molecule has 2 atom stereocenters. The molecule has 0 radical (unpaired) electrons. The number of benzene rings is 3. The van der Waals surface area contributed by atoms with Crippen molar-refractivity contribution in [1.82, 2.24) is 10.2 Å². The van der Waals surface area contributed by atoms with Crippen LogP contribution >= 0.6 is 34.8 Å². The van der Waals surface area contributed by atoms with Gasteiger partial charge in [-0.3, -0.25) is 13.9 Å². The number of halogens is 3. The number of hydrogen-bond acceptors (Lipinski definition) is 4. The zero-order chi connectivity index (χ0) is 29.4.